The highest BCUT2D eigenvalue weighted by atomic mass is 16.6. The molecule has 1 amide bonds. The van der Waals surface area contributed by atoms with Gasteiger partial charge in [-0.1, -0.05) is 13.8 Å². The van der Waals surface area contributed by atoms with Crippen LogP contribution in [0.5, 0.6) is 11.5 Å². The Morgan fingerprint density at radius 3 is 3.00 bits per heavy atom. The molecule has 0 radical (unpaired) electrons. The number of amides is 1. The summed E-state index contributed by atoms with van der Waals surface area (Å²) in [6.07, 6.45) is 0. The summed E-state index contributed by atoms with van der Waals surface area (Å²) in [6.45, 7) is 4.13. The number of ether oxygens (including phenoxy) is 3. The van der Waals surface area contributed by atoms with Crippen LogP contribution in [-0.2, 0) is 14.3 Å². The van der Waals surface area contributed by atoms with Gasteiger partial charge in [-0.3, -0.25) is 4.79 Å². The molecule has 1 aliphatic heterocycles. The van der Waals surface area contributed by atoms with Crippen molar-refractivity contribution in [3.63, 3.8) is 0 Å². The van der Waals surface area contributed by atoms with E-state index in [1.54, 1.807) is 18.2 Å². The molecule has 0 aliphatic carbocycles. The zero-order chi connectivity index (χ0) is 14.5. The van der Waals surface area contributed by atoms with Crippen molar-refractivity contribution in [2.45, 2.75) is 13.8 Å². The van der Waals surface area contributed by atoms with E-state index in [1.807, 2.05) is 13.8 Å². The molecule has 1 aromatic rings. The van der Waals surface area contributed by atoms with Crippen molar-refractivity contribution in [3.8, 4) is 11.5 Å². The lowest BCUT2D eigenvalue weighted by Gasteiger charge is -2.18. The molecule has 20 heavy (non-hydrogen) atoms. The highest BCUT2D eigenvalue weighted by Crippen LogP contribution is 2.31. The molecule has 108 valence electrons. The highest BCUT2D eigenvalue weighted by molar-refractivity contribution is 5.95. The lowest BCUT2D eigenvalue weighted by atomic mass is 10.2. The zero-order valence-electron chi connectivity index (χ0n) is 11.5. The Bertz CT molecular complexity index is 512. The van der Waals surface area contributed by atoms with Gasteiger partial charge in [-0.05, 0) is 18.1 Å². The largest absolute Gasteiger partial charge is 0.482 e. The molecular weight excluding hydrogens is 262 g/mol. The summed E-state index contributed by atoms with van der Waals surface area (Å²) >= 11 is 0. The third kappa shape index (κ3) is 3.88. The molecule has 2 rings (SSSR count). The quantitative estimate of drug-likeness (QED) is 0.829. The third-order valence-corrected chi connectivity index (χ3v) is 2.52. The van der Waals surface area contributed by atoms with E-state index < -0.39 is 5.97 Å². The summed E-state index contributed by atoms with van der Waals surface area (Å²) in [6, 6.07) is 4.97. The Kier molecular flexibility index (Phi) is 4.45. The molecule has 1 heterocycles. The molecule has 1 N–H and O–H groups in total. The minimum atomic E-state index is -0.420. The van der Waals surface area contributed by atoms with Crippen LogP contribution in [-0.4, -0.2) is 31.7 Å². The van der Waals surface area contributed by atoms with Crippen LogP contribution in [0.15, 0.2) is 18.2 Å². The first-order valence-corrected chi connectivity index (χ1v) is 6.39. The predicted molar refractivity (Wildman–Crippen MR) is 71.9 cm³/mol. The fourth-order valence-electron chi connectivity index (χ4n) is 1.60. The number of carbonyl (C=O) groups excluding carboxylic acids is 2. The first-order valence-electron chi connectivity index (χ1n) is 6.39. The topological polar surface area (TPSA) is 73.9 Å². The first kappa shape index (κ1) is 14.2. The fourth-order valence-corrected chi connectivity index (χ4v) is 1.60. The first-order chi connectivity index (χ1) is 9.54. The number of anilines is 1. The molecule has 1 aliphatic rings. The predicted octanol–water partition coefficient (Wildman–Crippen LogP) is 1.60. The van der Waals surface area contributed by atoms with Gasteiger partial charge in [0.1, 0.15) is 11.5 Å². The van der Waals surface area contributed by atoms with Gasteiger partial charge in [0.25, 0.3) is 5.91 Å². The van der Waals surface area contributed by atoms with Gasteiger partial charge in [-0.15, -0.1) is 0 Å². The molecule has 6 nitrogen and oxygen atoms in total. The van der Waals surface area contributed by atoms with Gasteiger partial charge < -0.3 is 19.5 Å². The van der Waals surface area contributed by atoms with Crippen molar-refractivity contribution < 1.29 is 23.8 Å². The number of esters is 1. The average molecular weight is 279 g/mol. The van der Waals surface area contributed by atoms with Crippen LogP contribution in [0, 0.1) is 5.92 Å². The highest BCUT2D eigenvalue weighted by Gasteiger charge is 2.16. The lowest BCUT2D eigenvalue weighted by Crippen LogP contribution is -2.25. The maximum atomic E-state index is 11.4. The second kappa shape index (κ2) is 6.27. The molecule has 0 atom stereocenters. The summed E-state index contributed by atoms with van der Waals surface area (Å²) in [5, 5.41) is 2.67. The average Bonchev–Trinajstić information content (AvgIpc) is 2.42. The van der Waals surface area contributed by atoms with Crippen molar-refractivity contribution in [3.05, 3.63) is 18.2 Å². The molecule has 1 aromatic carbocycles. The number of carbonyl (C=O) groups is 2. The minimum absolute atomic E-state index is 0.00866. The molecule has 0 aromatic heterocycles. The van der Waals surface area contributed by atoms with E-state index >= 15 is 0 Å². The second-order valence-corrected chi connectivity index (χ2v) is 4.86. The molecule has 0 saturated carbocycles. The van der Waals surface area contributed by atoms with Gasteiger partial charge in [0.2, 0.25) is 0 Å². The van der Waals surface area contributed by atoms with E-state index in [1.165, 1.54) is 0 Å². The van der Waals surface area contributed by atoms with E-state index in [0.29, 0.717) is 23.8 Å². The Balaban J connectivity index is 1.89. The van der Waals surface area contributed by atoms with Crippen molar-refractivity contribution in [2.75, 3.05) is 25.1 Å². The number of benzene rings is 1. The second-order valence-electron chi connectivity index (χ2n) is 4.86. The molecule has 0 unspecified atom stereocenters. The maximum Gasteiger partial charge on any atom is 0.344 e. The number of rotatable bonds is 5. The van der Waals surface area contributed by atoms with E-state index in [-0.39, 0.29) is 25.0 Å². The Labute approximate surface area is 117 Å². The van der Waals surface area contributed by atoms with Crippen molar-refractivity contribution in [1.29, 1.82) is 0 Å². The number of hydrogen-bond acceptors (Lipinski definition) is 5. The van der Waals surface area contributed by atoms with Crippen LogP contribution in [0.3, 0.4) is 0 Å². The monoisotopic (exact) mass is 279 g/mol. The molecule has 0 fully saturated rings. The Hall–Kier alpha value is -2.24. The van der Waals surface area contributed by atoms with Gasteiger partial charge in [0.05, 0.1) is 12.3 Å². The third-order valence-electron chi connectivity index (χ3n) is 2.52. The number of fused-ring (bicyclic) bond motifs is 1. The van der Waals surface area contributed by atoms with E-state index in [2.05, 4.69) is 5.32 Å². The summed E-state index contributed by atoms with van der Waals surface area (Å²) in [4.78, 5) is 22.6. The zero-order valence-corrected chi connectivity index (χ0v) is 11.5. The SMILES string of the molecule is CC(C)COC(=O)COc1ccc2c(c1)NC(=O)CO2. The standard InChI is InChI=1S/C14H17NO5/c1-9(2)6-20-14(17)8-18-10-3-4-12-11(5-10)15-13(16)7-19-12/h3-5,9H,6-8H2,1-2H3,(H,15,16). The van der Waals surface area contributed by atoms with E-state index in [0.717, 1.165) is 0 Å². The van der Waals surface area contributed by atoms with Crippen LogP contribution in [0.4, 0.5) is 5.69 Å². The lowest BCUT2D eigenvalue weighted by molar-refractivity contribution is -0.147. The molecule has 6 heteroatoms. The Morgan fingerprint density at radius 2 is 2.25 bits per heavy atom. The Morgan fingerprint density at radius 1 is 1.45 bits per heavy atom. The normalized spacial score (nSPS) is 13.2. The molecule has 0 spiro atoms. The van der Waals surface area contributed by atoms with Crippen LogP contribution in [0.25, 0.3) is 0 Å². The number of nitrogens with one attached hydrogen (secondary N) is 1. The summed E-state index contributed by atoms with van der Waals surface area (Å²) in [5.74, 6) is 0.702. The number of hydrogen-bond donors (Lipinski definition) is 1. The van der Waals surface area contributed by atoms with E-state index in [4.69, 9.17) is 14.2 Å². The molecular formula is C14H17NO5. The summed E-state index contributed by atoms with van der Waals surface area (Å²) < 4.78 is 15.5. The van der Waals surface area contributed by atoms with Crippen LogP contribution in [0.2, 0.25) is 0 Å². The van der Waals surface area contributed by atoms with E-state index in [9.17, 15) is 9.59 Å². The fraction of sp³-hybridized carbons (Fsp3) is 0.429. The minimum Gasteiger partial charge on any atom is -0.482 e. The van der Waals surface area contributed by atoms with Gasteiger partial charge in [0.15, 0.2) is 13.2 Å². The summed E-state index contributed by atoms with van der Waals surface area (Å²) in [5.41, 5.74) is 0.536. The van der Waals surface area contributed by atoms with Gasteiger partial charge >= 0.3 is 5.97 Å². The van der Waals surface area contributed by atoms with Crippen molar-refractivity contribution in [1.82, 2.24) is 0 Å². The van der Waals surface area contributed by atoms with Gasteiger partial charge in [-0.25, -0.2) is 4.79 Å². The maximum absolute atomic E-state index is 11.4. The smallest absolute Gasteiger partial charge is 0.344 e. The summed E-state index contributed by atoms with van der Waals surface area (Å²) in [7, 11) is 0. The van der Waals surface area contributed by atoms with Gasteiger partial charge in [0, 0.05) is 6.07 Å². The van der Waals surface area contributed by atoms with Crippen LogP contribution in [0.1, 0.15) is 13.8 Å². The van der Waals surface area contributed by atoms with Crippen molar-refractivity contribution >= 4 is 17.6 Å². The van der Waals surface area contributed by atoms with Crippen LogP contribution < -0.4 is 14.8 Å². The van der Waals surface area contributed by atoms with Crippen LogP contribution >= 0.6 is 0 Å². The van der Waals surface area contributed by atoms with Gasteiger partial charge in [-0.2, -0.15) is 0 Å². The van der Waals surface area contributed by atoms with Crippen molar-refractivity contribution in [2.24, 2.45) is 5.92 Å². The molecule has 0 bridgehead atoms. The molecule has 0 saturated heterocycles.